The summed E-state index contributed by atoms with van der Waals surface area (Å²) in [5, 5.41) is 10.6. The molecule has 2 aromatic carbocycles. The van der Waals surface area contributed by atoms with Crippen molar-refractivity contribution in [3.63, 3.8) is 0 Å². The topological polar surface area (TPSA) is 94.1 Å². The molecule has 12 heteroatoms. The second-order valence-electron chi connectivity index (χ2n) is 5.62. The summed E-state index contributed by atoms with van der Waals surface area (Å²) >= 11 is 29.7. The average molecular weight is 518 g/mol. The van der Waals surface area contributed by atoms with Crippen LogP contribution in [0.15, 0.2) is 24.3 Å². The van der Waals surface area contributed by atoms with Crippen molar-refractivity contribution >= 4 is 70.1 Å². The number of ether oxygens (including phenoxy) is 3. The van der Waals surface area contributed by atoms with Crippen LogP contribution in [-0.2, 0) is 16.1 Å². The van der Waals surface area contributed by atoms with Gasteiger partial charge in [-0.1, -0.05) is 70.1 Å². The zero-order valence-corrected chi connectivity index (χ0v) is 19.0. The number of carbonyl (C=O) groups excluding carboxylic acids is 2. The third-order valence-electron chi connectivity index (χ3n) is 3.66. The number of carbonyl (C=O) groups is 2. The lowest BCUT2D eigenvalue weighted by molar-refractivity contribution is -0.137. The van der Waals surface area contributed by atoms with E-state index in [1.165, 1.54) is 7.11 Å². The number of aliphatic hydroxyl groups excluding tert-OH is 1. The largest absolute Gasteiger partial charge is 0.497 e. The van der Waals surface area contributed by atoms with Crippen LogP contribution in [0.1, 0.15) is 5.56 Å². The number of alkyl carbamates (subject to hydrolysis) is 1. The van der Waals surface area contributed by atoms with Crippen LogP contribution in [0.2, 0.25) is 25.1 Å². The summed E-state index contributed by atoms with van der Waals surface area (Å²) in [6.07, 6.45) is -0.966. The molecule has 2 aromatic rings. The fraction of sp³-hybridized carbons (Fsp3) is 0.222. The number of hydrogen-bond donors (Lipinski definition) is 2. The predicted molar refractivity (Wildman–Crippen MR) is 114 cm³/mol. The molecule has 0 radical (unpaired) electrons. The molecule has 0 saturated heterocycles. The van der Waals surface area contributed by atoms with E-state index >= 15 is 0 Å². The molecule has 0 bridgehead atoms. The van der Waals surface area contributed by atoms with E-state index in [4.69, 9.17) is 72.2 Å². The Balaban J connectivity index is 2.02. The predicted octanol–water partition coefficient (Wildman–Crippen LogP) is 5.15. The van der Waals surface area contributed by atoms with Crippen LogP contribution in [0, 0.1) is 0 Å². The molecule has 0 spiro atoms. The third kappa shape index (κ3) is 5.97. The molecule has 0 heterocycles. The van der Waals surface area contributed by atoms with Crippen LogP contribution in [0.5, 0.6) is 11.5 Å². The van der Waals surface area contributed by atoms with Crippen molar-refractivity contribution in [3.05, 3.63) is 54.9 Å². The number of methoxy groups -OCH3 is 1. The number of esters is 1. The van der Waals surface area contributed by atoms with Gasteiger partial charge in [0.2, 0.25) is 0 Å². The summed E-state index contributed by atoms with van der Waals surface area (Å²) in [6, 6.07) is 5.30. The average Bonchev–Trinajstić information content (AvgIpc) is 2.76. The van der Waals surface area contributed by atoms with Crippen LogP contribution in [-0.4, -0.2) is 36.9 Å². The molecule has 0 aliphatic rings. The number of rotatable bonds is 7. The van der Waals surface area contributed by atoms with Crippen LogP contribution >= 0.6 is 58.0 Å². The highest BCUT2D eigenvalue weighted by atomic mass is 35.5. The zero-order valence-electron chi connectivity index (χ0n) is 15.2. The van der Waals surface area contributed by atoms with E-state index in [2.05, 4.69) is 5.32 Å². The monoisotopic (exact) mass is 515 g/mol. The van der Waals surface area contributed by atoms with Crippen molar-refractivity contribution in [2.45, 2.75) is 12.6 Å². The number of aliphatic hydroxyl groups is 1. The quantitative estimate of drug-likeness (QED) is 0.228. The maximum atomic E-state index is 12.3. The highest BCUT2D eigenvalue weighted by Crippen LogP contribution is 2.48. The Morgan fingerprint density at radius 2 is 1.50 bits per heavy atom. The molecule has 2 rings (SSSR count). The van der Waals surface area contributed by atoms with E-state index in [9.17, 15) is 14.7 Å². The molecule has 0 aliphatic heterocycles. The minimum Gasteiger partial charge on any atom is -0.497 e. The molecule has 2 N–H and O–H groups in total. The minimum absolute atomic E-state index is 0.0803. The van der Waals surface area contributed by atoms with Gasteiger partial charge in [-0.15, -0.1) is 0 Å². The normalized spacial score (nSPS) is 11.6. The number of halogens is 5. The van der Waals surface area contributed by atoms with Crippen molar-refractivity contribution in [1.29, 1.82) is 0 Å². The van der Waals surface area contributed by atoms with Crippen molar-refractivity contribution in [2.75, 3.05) is 13.7 Å². The van der Waals surface area contributed by atoms with Gasteiger partial charge in [0.15, 0.2) is 11.8 Å². The summed E-state index contributed by atoms with van der Waals surface area (Å²) in [5.41, 5.74) is 0.679. The summed E-state index contributed by atoms with van der Waals surface area (Å²) in [5.74, 6) is -0.808. The van der Waals surface area contributed by atoms with Gasteiger partial charge >= 0.3 is 12.1 Å². The van der Waals surface area contributed by atoms with Gasteiger partial charge in [0.25, 0.3) is 0 Å². The molecular weight excluding hydrogens is 503 g/mol. The van der Waals surface area contributed by atoms with Crippen LogP contribution < -0.4 is 14.8 Å². The Morgan fingerprint density at radius 1 is 0.967 bits per heavy atom. The Kier molecular flexibility index (Phi) is 9.15. The molecule has 0 saturated carbocycles. The van der Waals surface area contributed by atoms with Crippen LogP contribution in [0.4, 0.5) is 4.79 Å². The summed E-state index contributed by atoms with van der Waals surface area (Å²) in [6.45, 7) is -0.871. The lowest BCUT2D eigenvalue weighted by Crippen LogP contribution is -2.45. The highest BCUT2D eigenvalue weighted by Gasteiger charge is 2.27. The lowest BCUT2D eigenvalue weighted by Gasteiger charge is -2.17. The van der Waals surface area contributed by atoms with Gasteiger partial charge in [0.05, 0.1) is 28.8 Å². The third-order valence-corrected chi connectivity index (χ3v) is 5.90. The molecule has 0 aliphatic carbocycles. The summed E-state index contributed by atoms with van der Waals surface area (Å²) in [4.78, 5) is 24.3. The number of hydrogen-bond acceptors (Lipinski definition) is 6. The molecule has 7 nitrogen and oxygen atoms in total. The van der Waals surface area contributed by atoms with E-state index in [0.717, 1.165) is 0 Å². The Bertz CT molecular complexity index is 909. The van der Waals surface area contributed by atoms with Crippen LogP contribution in [0.25, 0.3) is 0 Å². The first-order valence-electron chi connectivity index (χ1n) is 8.09. The molecule has 162 valence electrons. The van der Waals surface area contributed by atoms with Gasteiger partial charge in [-0.3, -0.25) is 0 Å². The smallest absolute Gasteiger partial charge is 0.408 e. The SMILES string of the molecule is COc1ccc(COC(=O)NC(CO)C(=O)Oc2c(Cl)c(Cl)c(Cl)c(Cl)c2Cl)cc1. The van der Waals surface area contributed by atoms with E-state index in [-0.39, 0.29) is 37.5 Å². The number of amides is 1. The minimum atomic E-state index is -1.48. The van der Waals surface area contributed by atoms with Gasteiger partial charge in [-0.05, 0) is 17.7 Å². The Morgan fingerprint density at radius 3 is 2.00 bits per heavy atom. The van der Waals surface area contributed by atoms with Gasteiger partial charge in [0, 0.05) is 0 Å². The lowest BCUT2D eigenvalue weighted by atomic mass is 10.2. The second kappa shape index (κ2) is 11.1. The van der Waals surface area contributed by atoms with Crippen molar-refractivity contribution in [1.82, 2.24) is 5.32 Å². The standard InChI is InChI=1S/C18H14Cl5NO6/c1-28-9-4-2-8(3-5-9)7-29-18(27)24-10(6-25)17(26)30-16-14(22)12(20)11(19)13(21)15(16)23/h2-5,10,25H,6-7H2,1H3,(H,24,27). The van der Waals surface area contributed by atoms with Crippen molar-refractivity contribution in [2.24, 2.45) is 0 Å². The summed E-state index contributed by atoms with van der Waals surface area (Å²) < 4.78 is 15.1. The first-order valence-corrected chi connectivity index (χ1v) is 9.98. The molecule has 1 unspecified atom stereocenters. The molecule has 30 heavy (non-hydrogen) atoms. The molecular formula is C18H14Cl5NO6. The van der Waals surface area contributed by atoms with Crippen molar-refractivity contribution in [3.8, 4) is 11.5 Å². The molecule has 1 amide bonds. The molecule has 1 atom stereocenters. The van der Waals surface area contributed by atoms with Gasteiger partial charge < -0.3 is 24.6 Å². The summed E-state index contributed by atoms with van der Waals surface area (Å²) in [7, 11) is 1.53. The van der Waals surface area contributed by atoms with Gasteiger partial charge in [-0.2, -0.15) is 0 Å². The first kappa shape index (κ1) is 24.7. The number of nitrogens with one attached hydrogen (secondary N) is 1. The fourth-order valence-corrected chi connectivity index (χ4v) is 3.28. The maximum Gasteiger partial charge on any atom is 0.408 e. The van der Waals surface area contributed by atoms with E-state index < -0.39 is 24.7 Å². The molecule has 0 aromatic heterocycles. The van der Waals surface area contributed by atoms with Crippen molar-refractivity contribution < 1.29 is 28.9 Å². The maximum absolute atomic E-state index is 12.3. The van der Waals surface area contributed by atoms with Gasteiger partial charge in [-0.25, -0.2) is 9.59 Å². The second-order valence-corrected chi connectivity index (χ2v) is 7.51. The number of benzene rings is 2. The zero-order chi connectivity index (χ0) is 22.4. The Hall–Kier alpha value is -1.61. The van der Waals surface area contributed by atoms with E-state index in [1.54, 1.807) is 24.3 Å². The van der Waals surface area contributed by atoms with Crippen LogP contribution in [0.3, 0.4) is 0 Å². The Labute approximate surface area is 196 Å². The van der Waals surface area contributed by atoms with E-state index in [0.29, 0.717) is 11.3 Å². The van der Waals surface area contributed by atoms with E-state index in [1.807, 2.05) is 0 Å². The van der Waals surface area contributed by atoms with Gasteiger partial charge in [0.1, 0.15) is 22.4 Å². The molecule has 0 fully saturated rings. The fourth-order valence-electron chi connectivity index (χ4n) is 2.08. The first-order chi connectivity index (χ1) is 14.2. The highest BCUT2D eigenvalue weighted by molar-refractivity contribution is 6.55.